The average molecular weight is 605 g/mol. The second kappa shape index (κ2) is 20.8. The number of nitrogens with one attached hydrogen (secondary N) is 2. The molecular formula is C34H52N8O2. The Morgan fingerprint density at radius 2 is 0.864 bits per heavy atom. The van der Waals surface area contributed by atoms with Gasteiger partial charge in [0.15, 0.2) is 11.9 Å². The van der Waals surface area contributed by atoms with E-state index in [9.17, 15) is 9.59 Å². The van der Waals surface area contributed by atoms with Crippen molar-refractivity contribution in [1.29, 1.82) is 0 Å². The van der Waals surface area contributed by atoms with Gasteiger partial charge < -0.3 is 21.3 Å². The van der Waals surface area contributed by atoms with E-state index < -0.39 is 0 Å². The van der Waals surface area contributed by atoms with Crippen molar-refractivity contribution in [2.45, 2.75) is 90.1 Å². The Morgan fingerprint density at radius 3 is 1.25 bits per heavy atom. The van der Waals surface area contributed by atoms with Crippen LogP contribution < -0.4 is 22.1 Å². The van der Waals surface area contributed by atoms with E-state index in [0.717, 1.165) is 88.2 Å². The van der Waals surface area contributed by atoms with Crippen LogP contribution in [0.25, 0.3) is 0 Å². The number of rotatable bonds is 4. The number of carbonyl (C=O) groups is 2. The van der Waals surface area contributed by atoms with E-state index in [1.807, 2.05) is 70.5 Å². The first-order valence-corrected chi connectivity index (χ1v) is 16.3. The molecule has 0 fully saturated rings. The van der Waals surface area contributed by atoms with Crippen LogP contribution in [0.15, 0.2) is 70.6 Å². The van der Waals surface area contributed by atoms with Gasteiger partial charge in [0.05, 0.1) is 0 Å². The summed E-state index contributed by atoms with van der Waals surface area (Å²) >= 11 is 0. The Bertz CT molecular complexity index is 1060. The molecule has 44 heavy (non-hydrogen) atoms. The molecule has 0 atom stereocenters. The lowest BCUT2D eigenvalue weighted by Gasteiger charge is -2.23. The van der Waals surface area contributed by atoms with Crippen molar-refractivity contribution >= 4 is 24.0 Å². The van der Waals surface area contributed by atoms with E-state index >= 15 is 0 Å². The number of hydrogen-bond acceptors (Lipinski definition) is 6. The molecule has 240 valence electrons. The van der Waals surface area contributed by atoms with Crippen LogP contribution >= 0.6 is 0 Å². The number of nitrogens with zero attached hydrogens (tertiary/aromatic N) is 4. The molecule has 0 radical (unpaired) electrons. The monoisotopic (exact) mass is 604 g/mol. The normalized spacial score (nSPS) is 18.5. The maximum Gasteiger partial charge on any atom is 0.324 e. The molecule has 0 aliphatic carbocycles. The molecule has 0 spiro atoms. The first-order valence-electron chi connectivity index (χ1n) is 16.3. The number of nitrogens with two attached hydrogens (primary N) is 2. The summed E-state index contributed by atoms with van der Waals surface area (Å²) in [5.74, 6) is 0.351. The highest BCUT2D eigenvalue weighted by atomic mass is 16.2. The van der Waals surface area contributed by atoms with Crippen LogP contribution in [0.5, 0.6) is 0 Å². The minimum atomic E-state index is -0.208. The van der Waals surface area contributed by atoms with Crippen molar-refractivity contribution in [3.63, 3.8) is 0 Å². The standard InChI is InChI=1S/C34H52N8O2/c35-31-37-23-15-5-1-3-7-17-25-41(27-29-19-11-9-12-20-29)33(43)40-32(36)38-24-16-6-2-4-8-18-26-42(34(44)39-31)28-30-21-13-10-14-22-30/h9-14,19-22H,1-8,15-18,23-28H2,(H3,35,37,39,44)(H3,36,38,40,43). The van der Waals surface area contributed by atoms with E-state index in [1.165, 1.54) is 0 Å². The predicted octanol–water partition coefficient (Wildman–Crippen LogP) is 5.73. The average Bonchev–Trinajstić information content (AvgIpc) is 3.02. The molecule has 10 heteroatoms. The number of benzene rings is 2. The molecule has 4 amide bonds. The molecule has 1 aliphatic rings. The molecule has 0 bridgehead atoms. The molecule has 0 saturated heterocycles. The van der Waals surface area contributed by atoms with Crippen molar-refractivity contribution in [2.24, 2.45) is 21.5 Å². The molecular weight excluding hydrogens is 552 g/mol. The Balaban J connectivity index is 1.55. The summed E-state index contributed by atoms with van der Waals surface area (Å²) in [5.41, 5.74) is 14.3. The van der Waals surface area contributed by atoms with Crippen molar-refractivity contribution in [3.8, 4) is 0 Å². The van der Waals surface area contributed by atoms with Crippen LogP contribution in [0.4, 0.5) is 9.59 Å². The molecule has 3 rings (SSSR count). The van der Waals surface area contributed by atoms with E-state index in [4.69, 9.17) is 11.5 Å². The van der Waals surface area contributed by atoms with Gasteiger partial charge >= 0.3 is 12.1 Å². The van der Waals surface area contributed by atoms with Gasteiger partial charge in [0.25, 0.3) is 0 Å². The largest absolute Gasteiger partial charge is 0.370 e. The lowest BCUT2D eigenvalue weighted by molar-refractivity contribution is 0.198. The first kappa shape index (κ1) is 34.4. The third-order valence-electron chi connectivity index (χ3n) is 7.71. The molecule has 6 N–H and O–H groups in total. The van der Waals surface area contributed by atoms with Gasteiger partial charge in [-0.25, -0.2) is 9.59 Å². The first-order chi connectivity index (χ1) is 21.5. The lowest BCUT2D eigenvalue weighted by atomic mass is 10.1. The Morgan fingerprint density at radius 1 is 0.523 bits per heavy atom. The lowest BCUT2D eigenvalue weighted by Crippen LogP contribution is -2.46. The van der Waals surface area contributed by atoms with Crippen LogP contribution in [0.3, 0.4) is 0 Å². The van der Waals surface area contributed by atoms with Gasteiger partial charge in [0.1, 0.15) is 0 Å². The van der Waals surface area contributed by atoms with Crippen LogP contribution in [0.1, 0.15) is 88.2 Å². The number of hydrogen-bond donors (Lipinski definition) is 4. The number of aliphatic imine (C=N–C) groups is 2. The van der Waals surface area contributed by atoms with Gasteiger partial charge in [0.2, 0.25) is 0 Å². The summed E-state index contributed by atoms with van der Waals surface area (Å²) in [5, 5.41) is 5.59. The van der Waals surface area contributed by atoms with Crippen LogP contribution in [-0.4, -0.2) is 60.0 Å². The molecule has 10 nitrogen and oxygen atoms in total. The second-order valence-electron chi connectivity index (χ2n) is 11.5. The number of guanidine groups is 2. The quantitative estimate of drug-likeness (QED) is 0.353. The third-order valence-corrected chi connectivity index (χ3v) is 7.71. The van der Waals surface area contributed by atoms with Crippen LogP contribution in [0.2, 0.25) is 0 Å². The predicted molar refractivity (Wildman–Crippen MR) is 179 cm³/mol. The SMILES string of the molecule is NC1=NCCCCCCCCN(Cc2ccccc2)C(=O)NC(N)=NCCCCCCCCN(Cc2ccccc2)C(=O)N1. The van der Waals surface area contributed by atoms with Crippen LogP contribution in [-0.2, 0) is 13.1 Å². The third kappa shape index (κ3) is 14.4. The fourth-order valence-corrected chi connectivity index (χ4v) is 5.21. The molecule has 1 heterocycles. The zero-order valence-electron chi connectivity index (χ0n) is 26.3. The number of carbonyl (C=O) groups excluding carboxylic acids is 2. The van der Waals surface area contributed by atoms with Crippen molar-refractivity contribution in [1.82, 2.24) is 20.4 Å². The smallest absolute Gasteiger partial charge is 0.324 e. The molecule has 0 unspecified atom stereocenters. The van der Waals surface area contributed by atoms with E-state index in [-0.39, 0.29) is 24.0 Å². The van der Waals surface area contributed by atoms with Gasteiger partial charge in [-0.3, -0.25) is 20.6 Å². The fourth-order valence-electron chi connectivity index (χ4n) is 5.21. The van der Waals surface area contributed by atoms with E-state index in [0.29, 0.717) is 39.3 Å². The highest BCUT2D eigenvalue weighted by Crippen LogP contribution is 2.12. The maximum atomic E-state index is 13.1. The fraction of sp³-hybridized carbons (Fsp3) is 0.529. The molecule has 1 aliphatic heterocycles. The topological polar surface area (TPSA) is 141 Å². The summed E-state index contributed by atoms with van der Waals surface area (Å²) in [4.78, 5) is 38.5. The summed E-state index contributed by atoms with van der Waals surface area (Å²) in [6.45, 7) is 3.52. The zero-order valence-corrected chi connectivity index (χ0v) is 26.3. The summed E-state index contributed by atoms with van der Waals surface area (Å²) < 4.78 is 0. The Labute approximate surface area is 263 Å². The maximum absolute atomic E-state index is 13.1. The van der Waals surface area contributed by atoms with Gasteiger partial charge in [-0.2, -0.15) is 0 Å². The van der Waals surface area contributed by atoms with Gasteiger partial charge in [-0.1, -0.05) is 112 Å². The number of amides is 4. The van der Waals surface area contributed by atoms with Crippen LogP contribution in [0, 0.1) is 0 Å². The van der Waals surface area contributed by atoms with E-state index in [1.54, 1.807) is 0 Å². The van der Waals surface area contributed by atoms with Crippen molar-refractivity contribution < 1.29 is 9.59 Å². The molecule has 2 aromatic rings. The van der Waals surface area contributed by atoms with Gasteiger partial charge in [-0.05, 0) is 36.8 Å². The summed E-state index contributed by atoms with van der Waals surface area (Å²) in [7, 11) is 0. The summed E-state index contributed by atoms with van der Waals surface area (Å²) in [6, 6.07) is 19.6. The molecule has 0 saturated carbocycles. The highest BCUT2D eigenvalue weighted by molar-refractivity contribution is 5.95. The van der Waals surface area contributed by atoms with E-state index in [2.05, 4.69) is 20.6 Å². The van der Waals surface area contributed by atoms with Crippen molar-refractivity contribution in [3.05, 3.63) is 71.8 Å². The Kier molecular flexibility index (Phi) is 16.2. The Hall–Kier alpha value is -4.08. The zero-order chi connectivity index (χ0) is 31.2. The highest BCUT2D eigenvalue weighted by Gasteiger charge is 2.16. The second-order valence-corrected chi connectivity index (χ2v) is 11.5. The van der Waals surface area contributed by atoms with Crippen molar-refractivity contribution in [2.75, 3.05) is 26.2 Å². The van der Waals surface area contributed by atoms with Gasteiger partial charge in [0, 0.05) is 39.3 Å². The molecule has 0 aromatic heterocycles. The molecule has 2 aromatic carbocycles. The van der Waals surface area contributed by atoms with Gasteiger partial charge in [-0.15, -0.1) is 0 Å². The number of urea groups is 2. The summed E-state index contributed by atoms with van der Waals surface area (Å²) in [6.07, 6.45) is 12.1. The minimum absolute atomic E-state index is 0.176. The minimum Gasteiger partial charge on any atom is -0.370 e.